The lowest BCUT2D eigenvalue weighted by Crippen LogP contribution is -2.35. The third-order valence-electron chi connectivity index (χ3n) is 4.44. The molecule has 0 bridgehead atoms. The molecule has 26 heavy (non-hydrogen) atoms. The first kappa shape index (κ1) is 19.9. The molecule has 0 aromatic carbocycles. The van der Waals surface area contributed by atoms with Gasteiger partial charge in [0.1, 0.15) is 6.42 Å². The van der Waals surface area contributed by atoms with Crippen LogP contribution in [0, 0.1) is 18.8 Å². The number of rotatable bonds is 9. The van der Waals surface area contributed by atoms with Gasteiger partial charge in [-0.05, 0) is 39.2 Å². The van der Waals surface area contributed by atoms with Crippen molar-refractivity contribution in [3.8, 4) is 0 Å². The van der Waals surface area contributed by atoms with Gasteiger partial charge in [0.05, 0.1) is 31.4 Å². The highest BCUT2D eigenvalue weighted by Crippen LogP contribution is 2.40. The van der Waals surface area contributed by atoms with E-state index in [9.17, 15) is 14.4 Å². The molecule has 8 heteroatoms. The number of nitrogens with zero attached hydrogens (tertiary/aromatic N) is 3. The van der Waals surface area contributed by atoms with Crippen molar-refractivity contribution in [2.24, 2.45) is 18.9 Å². The number of carbonyl (C=O) groups is 3. The van der Waals surface area contributed by atoms with Crippen LogP contribution in [0.3, 0.4) is 0 Å². The van der Waals surface area contributed by atoms with Crippen LogP contribution in [0.2, 0.25) is 0 Å². The first-order valence-electron chi connectivity index (χ1n) is 8.95. The summed E-state index contributed by atoms with van der Waals surface area (Å²) in [5, 5.41) is 4.37. The van der Waals surface area contributed by atoms with Crippen molar-refractivity contribution in [3.63, 3.8) is 0 Å². The Morgan fingerprint density at radius 1 is 1.27 bits per heavy atom. The zero-order valence-corrected chi connectivity index (χ0v) is 15.9. The molecule has 1 aliphatic rings. The van der Waals surface area contributed by atoms with Crippen LogP contribution in [0.25, 0.3) is 0 Å². The average Bonchev–Trinajstić information content (AvgIpc) is 3.26. The van der Waals surface area contributed by atoms with Crippen molar-refractivity contribution >= 4 is 17.8 Å². The lowest BCUT2D eigenvalue weighted by atomic mass is 10.2. The van der Waals surface area contributed by atoms with Gasteiger partial charge in [-0.2, -0.15) is 5.10 Å². The van der Waals surface area contributed by atoms with E-state index in [1.165, 1.54) is 0 Å². The standard InChI is InChI=1S/C18H27N3O5/c1-5-25-17(23)9-16(22)21(11-14-7-12(3)20(4)19-14)10-13-8-15(13)18(24)26-6-2/h7,13,15H,5-6,8-11H2,1-4H3/t13-,15-/m1/s1. The molecule has 1 aliphatic carbocycles. The molecule has 2 rings (SSSR count). The van der Waals surface area contributed by atoms with E-state index in [4.69, 9.17) is 9.47 Å². The molecule has 0 radical (unpaired) electrons. The van der Waals surface area contributed by atoms with Gasteiger partial charge in [0.15, 0.2) is 0 Å². The lowest BCUT2D eigenvalue weighted by molar-refractivity contribution is -0.150. The summed E-state index contributed by atoms with van der Waals surface area (Å²) in [4.78, 5) is 37.6. The Kier molecular flexibility index (Phi) is 6.76. The third-order valence-corrected chi connectivity index (χ3v) is 4.44. The van der Waals surface area contributed by atoms with E-state index in [-0.39, 0.29) is 36.7 Å². The summed E-state index contributed by atoms with van der Waals surface area (Å²) < 4.78 is 11.6. The number of esters is 2. The lowest BCUT2D eigenvalue weighted by Gasteiger charge is -2.21. The second kappa shape index (κ2) is 8.82. The van der Waals surface area contributed by atoms with E-state index < -0.39 is 5.97 Å². The number of hydrogen-bond donors (Lipinski definition) is 0. The normalized spacial score (nSPS) is 18.3. The first-order valence-corrected chi connectivity index (χ1v) is 8.95. The molecule has 0 saturated heterocycles. The summed E-state index contributed by atoms with van der Waals surface area (Å²) in [6.07, 6.45) is 0.389. The van der Waals surface area contributed by atoms with Crippen LogP contribution in [-0.2, 0) is 37.4 Å². The molecular formula is C18H27N3O5. The van der Waals surface area contributed by atoms with Gasteiger partial charge in [-0.15, -0.1) is 0 Å². The van der Waals surface area contributed by atoms with Gasteiger partial charge in [0.25, 0.3) is 0 Å². The van der Waals surface area contributed by atoms with E-state index in [2.05, 4.69) is 5.10 Å². The molecule has 8 nitrogen and oxygen atoms in total. The maximum atomic E-state index is 12.6. The van der Waals surface area contributed by atoms with Gasteiger partial charge in [-0.25, -0.2) is 0 Å². The highest BCUT2D eigenvalue weighted by molar-refractivity contribution is 5.94. The fraction of sp³-hybridized carbons (Fsp3) is 0.667. The molecule has 1 amide bonds. The van der Waals surface area contributed by atoms with Crippen LogP contribution in [0.15, 0.2) is 6.07 Å². The average molecular weight is 365 g/mol. The maximum Gasteiger partial charge on any atom is 0.315 e. The van der Waals surface area contributed by atoms with Crippen molar-refractivity contribution in [3.05, 3.63) is 17.5 Å². The van der Waals surface area contributed by atoms with Crippen molar-refractivity contribution in [1.82, 2.24) is 14.7 Å². The quantitative estimate of drug-likeness (QED) is 0.483. The Morgan fingerprint density at radius 3 is 2.54 bits per heavy atom. The summed E-state index contributed by atoms with van der Waals surface area (Å²) >= 11 is 0. The maximum absolute atomic E-state index is 12.6. The highest BCUT2D eigenvalue weighted by atomic mass is 16.5. The summed E-state index contributed by atoms with van der Waals surface area (Å²) in [7, 11) is 1.83. The van der Waals surface area contributed by atoms with Gasteiger partial charge in [0, 0.05) is 19.3 Å². The second-order valence-electron chi connectivity index (χ2n) is 6.51. The molecule has 2 atom stereocenters. The predicted octanol–water partition coefficient (Wildman–Crippen LogP) is 1.21. The van der Waals surface area contributed by atoms with E-state index in [0.717, 1.165) is 11.4 Å². The minimum atomic E-state index is -0.544. The Morgan fingerprint density at radius 2 is 1.96 bits per heavy atom. The first-order chi connectivity index (χ1) is 12.3. The number of carbonyl (C=O) groups excluding carboxylic acids is 3. The van der Waals surface area contributed by atoms with Gasteiger partial charge < -0.3 is 14.4 Å². The number of ether oxygens (including phenoxy) is 2. The van der Waals surface area contributed by atoms with Gasteiger partial charge in [0.2, 0.25) is 5.91 Å². The molecule has 1 aromatic rings. The van der Waals surface area contributed by atoms with Crippen LogP contribution in [-0.4, -0.2) is 52.3 Å². The van der Waals surface area contributed by atoms with Crippen LogP contribution >= 0.6 is 0 Å². The van der Waals surface area contributed by atoms with Crippen LogP contribution in [0.1, 0.15) is 38.1 Å². The molecule has 0 N–H and O–H groups in total. The zero-order chi connectivity index (χ0) is 19.3. The van der Waals surface area contributed by atoms with E-state index in [1.807, 2.05) is 20.0 Å². The van der Waals surface area contributed by atoms with Gasteiger partial charge >= 0.3 is 11.9 Å². The second-order valence-corrected chi connectivity index (χ2v) is 6.51. The summed E-state index contributed by atoms with van der Waals surface area (Å²) in [5.41, 5.74) is 1.73. The Labute approximate surface area is 153 Å². The molecule has 1 fully saturated rings. The topological polar surface area (TPSA) is 90.7 Å². The largest absolute Gasteiger partial charge is 0.466 e. The molecule has 0 unspecified atom stereocenters. The summed E-state index contributed by atoms with van der Waals surface area (Å²) in [6, 6.07) is 1.90. The highest BCUT2D eigenvalue weighted by Gasteiger charge is 2.45. The molecule has 1 aromatic heterocycles. The Bertz CT molecular complexity index is 650. The number of hydrogen-bond acceptors (Lipinski definition) is 6. The molecular weight excluding hydrogens is 338 g/mol. The number of aromatic nitrogens is 2. The minimum Gasteiger partial charge on any atom is -0.466 e. The number of aryl methyl sites for hydroxylation is 2. The fourth-order valence-electron chi connectivity index (χ4n) is 2.88. The van der Waals surface area contributed by atoms with Crippen molar-refractivity contribution < 1.29 is 23.9 Å². The van der Waals surface area contributed by atoms with Crippen LogP contribution in [0.5, 0.6) is 0 Å². The van der Waals surface area contributed by atoms with E-state index in [1.54, 1.807) is 23.4 Å². The summed E-state index contributed by atoms with van der Waals surface area (Å²) in [5.74, 6) is -1.19. The molecule has 144 valence electrons. The fourth-order valence-corrected chi connectivity index (χ4v) is 2.88. The minimum absolute atomic E-state index is 0.0602. The van der Waals surface area contributed by atoms with Gasteiger partial charge in [-0.3, -0.25) is 19.1 Å². The molecule has 0 aliphatic heterocycles. The van der Waals surface area contributed by atoms with Crippen molar-refractivity contribution in [2.45, 2.75) is 40.2 Å². The zero-order valence-electron chi connectivity index (χ0n) is 15.9. The molecule has 1 saturated carbocycles. The van der Waals surface area contributed by atoms with E-state index in [0.29, 0.717) is 26.1 Å². The van der Waals surface area contributed by atoms with Gasteiger partial charge in [-0.1, -0.05) is 0 Å². The Hall–Kier alpha value is -2.38. The third kappa shape index (κ3) is 5.31. The Balaban J connectivity index is 2.02. The van der Waals surface area contributed by atoms with E-state index >= 15 is 0 Å². The predicted molar refractivity (Wildman–Crippen MR) is 92.8 cm³/mol. The summed E-state index contributed by atoms with van der Waals surface area (Å²) in [6.45, 7) is 6.68. The molecule has 1 heterocycles. The van der Waals surface area contributed by atoms with Crippen LogP contribution < -0.4 is 0 Å². The molecule has 0 spiro atoms. The smallest absolute Gasteiger partial charge is 0.315 e. The van der Waals surface area contributed by atoms with Crippen molar-refractivity contribution in [2.75, 3.05) is 19.8 Å². The van der Waals surface area contributed by atoms with Crippen LogP contribution in [0.4, 0.5) is 0 Å². The number of amides is 1. The van der Waals surface area contributed by atoms with Crippen molar-refractivity contribution in [1.29, 1.82) is 0 Å². The SMILES string of the molecule is CCOC(=O)CC(=O)N(Cc1cc(C)n(C)n1)C[C@H]1C[C@H]1C(=O)OCC. The monoisotopic (exact) mass is 365 g/mol.